The lowest BCUT2D eigenvalue weighted by Crippen LogP contribution is -2.21. The Morgan fingerprint density at radius 3 is 2.00 bits per heavy atom. The highest BCUT2D eigenvalue weighted by molar-refractivity contribution is 6.70. The zero-order valence-corrected chi connectivity index (χ0v) is 13.4. The van der Waals surface area contributed by atoms with Crippen LogP contribution in [0.1, 0.15) is 39.7 Å². The van der Waals surface area contributed by atoms with Gasteiger partial charge in [0.15, 0.2) is 6.71 Å². The Bertz CT molecular complexity index is 388. The molecular formula is C17H28BN. The van der Waals surface area contributed by atoms with E-state index in [9.17, 15) is 0 Å². The predicted octanol–water partition coefficient (Wildman–Crippen LogP) is 4.60. The third-order valence-corrected chi connectivity index (χ3v) is 2.79. The normalized spacial score (nSPS) is 11.8. The van der Waals surface area contributed by atoms with Gasteiger partial charge in [-0.1, -0.05) is 71.1 Å². The van der Waals surface area contributed by atoms with E-state index >= 15 is 0 Å². The van der Waals surface area contributed by atoms with Gasteiger partial charge in [0.05, 0.1) is 0 Å². The van der Waals surface area contributed by atoms with Crippen molar-refractivity contribution in [1.82, 2.24) is 0 Å². The van der Waals surface area contributed by atoms with Crippen molar-refractivity contribution in [3.63, 3.8) is 0 Å². The molecule has 0 radical (unpaired) electrons. The number of rotatable bonds is 3. The second-order valence-electron chi connectivity index (χ2n) is 4.40. The van der Waals surface area contributed by atoms with Gasteiger partial charge in [0.1, 0.15) is 0 Å². The molecule has 2 heteroatoms. The van der Waals surface area contributed by atoms with Crippen LogP contribution >= 0.6 is 0 Å². The Morgan fingerprint density at radius 1 is 1.00 bits per heavy atom. The van der Waals surface area contributed by atoms with Crippen molar-refractivity contribution < 1.29 is 0 Å². The van der Waals surface area contributed by atoms with Gasteiger partial charge in [-0.25, -0.2) is 0 Å². The molecule has 0 unspecified atom stereocenters. The Kier molecular flexibility index (Phi) is 9.87. The average molecular weight is 257 g/mol. The molecule has 0 aliphatic carbocycles. The van der Waals surface area contributed by atoms with E-state index < -0.39 is 0 Å². The monoisotopic (exact) mass is 257 g/mol. The van der Waals surface area contributed by atoms with Gasteiger partial charge in [0, 0.05) is 18.8 Å². The number of benzene rings is 1. The molecule has 0 amide bonds. The third kappa shape index (κ3) is 6.42. The first kappa shape index (κ1) is 17.7. The van der Waals surface area contributed by atoms with Gasteiger partial charge < -0.3 is 0 Å². The topological polar surface area (TPSA) is 12.4 Å². The molecule has 1 heterocycles. The standard InChI is InChI=1S/C13H16BN.2C2H6/c1-14(2)13-5-3-11(4-6-13)9-12-7-8-15-10-12;2*1-2/h3-6,8,10H,7,9H2,1-2H3;2*1-2H3. The largest absolute Gasteiger partial charge is 0.269 e. The average Bonchev–Trinajstić information content (AvgIpc) is 2.97. The summed E-state index contributed by atoms with van der Waals surface area (Å²) in [5.41, 5.74) is 4.21. The fraction of sp³-hybridized carbons (Fsp3) is 0.471. The Hall–Kier alpha value is -1.31. The van der Waals surface area contributed by atoms with E-state index in [0.29, 0.717) is 6.71 Å². The van der Waals surface area contributed by atoms with Crippen LogP contribution in [0.3, 0.4) is 0 Å². The van der Waals surface area contributed by atoms with Gasteiger partial charge in [-0.15, -0.1) is 0 Å². The minimum atomic E-state index is 0.619. The zero-order chi connectivity index (χ0) is 14.7. The van der Waals surface area contributed by atoms with Gasteiger partial charge in [-0.3, -0.25) is 4.99 Å². The summed E-state index contributed by atoms with van der Waals surface area (Å²) in [7, 11) is 0. The Balaban J connectivity index is 0.000000741. The fourth-order valence-electron chi connectivity index (χ4n) is 1.78. The van der Waals surface area contributed by atoms with Crippen molar-refractivity contribution in [3.8, 4) is 0 Å². The highest BCUT2D eigenvalue weighted by Gasteiger charge is 2.04. The summed E-state index contributed by atoms with van der Waals surface area (Å²) in [6, 6.07) is 8.93. The molecule has 2 rings (SSSR count). The number of hydrogen-bond acceptors (Lipinski definition) is 1. The zero-order valence-electron chi connectivity index (χ0n) is 13.4. The first-order chi connectivity index (χ1) is 9.25. The quantitative estimate of drug-likeness (QED) is 0.701. The Labute approximate surface area is 119 Å². The third-order valence-electron chi connectivity index (χ3n) is 2.79. The van der Waals surface area contributed by atoms with Crippen molar-refractivity contribution in [1.29, 1.82) is 0 Å². The van der Waals surface area contributed by atoms with Gasteiger partial charge in [-0.2, -0.15) is 0 Å². The van der Waals surface area contributed by atoms with Gasteiger partial charge >= 0.3 is 0 Å². The molecule has 0 fully saturated rings. The van der Waals surface area contributed by atoms with Crippen LogP contribution in [-0.2, 0) is 6.42 Å². The van der Waals surface area contributed by atoms with Crippen molar-refractivity contribution in [2.75, 3.05) is 0 Å². The maximum Gasteiger partial charge on any atom is 0.169 e. The summed E-state index contributed by atoms with van der Waals surface area (Å²) in [6.45, 7) is 13.1. The first-order valence-corrected chi connectivity index (χ1v) is 7.54. The van der Waals surface area contributed by atoms with Crippen molar-refractivity contribution in [3.05, 3.63) is 41.6 Å². The molecule has 0 atom stereocenters. The molecule has 1 aromatic carbocycles. The van der Waals surface area contributed by atoms with E-state index in [1.807, 2.05) is 40.1 Å². The number of aliphatic imine (C=N–C) groups is 1. The molecule has 1 aliphatic heterocycles. The van der Waals surface area contributed by atoms with E-state index in [2.05, 4.69) is 42.9 Å². The maximum atomic E-state index is 4.12. The van der Waals surface area contributed by atoms with Crippen LogP contribution in [0.2, 0.25) is 13.6 Å². The van der Waals surface area contributed by atoms with Crippen LogP contribution in [0.15, 0.2) is 41.0 Å². The highest BCUT2D eigenvalue weighted by atomic mass is 14.7. The smallest absolute Gasteiger partial charge is 0.169 e. The molecule has 1 aliphatic rings. The van der Waals surface area contributed by atoms with Crippen LogP contribution in [-0.4, -0.2) is 12.9 Å². The SMILES string of the molecule is CB(C)c1ccc(CC2=CN=CC2)cc1.CC.CC. The molecule has 19 heavy (non-hydrogen) atoms. The molecular weight excluding hydrogens is 229 g/mol. The summed E-state index contributed by atoms with van der Waals surface area (Å²) in [5, 5.41) is 0. The number of nitrogens with zero attached hydrogens (tertiary/aromatic N) is 1. The highest BCUT2D eigenvalue weighted by Crippen LogP contribution is 2.13. The summed E-state index contributed by atoms with van der Waals surface area (Å²) in [6.07, 6.45) is 6.01. The van der Waals surface area contributed by atoms with E-state index in [1.54, 1.807) is 0 Å². The van der Waals surface area contributed by atoms with Gasteiger partial charge in [0.2, 0.25) is 0 Å². The number of allylic oxidation sites excluding steroid dienone is 1. The summed E-state index contributed by atoms with van der Waals surface area (Å²) in [5.74, 6) is 0. The molecule has 0 spiro atoms. The van der Waals surface area contributed by atoms with Crippen LogP contribution in [0, 0.1) is 0 Å². The van der Waals surface area contributed by atoms with Crippen molar-refractivity contribution in [2.24, 2.45) is 4.99 Å². The lowest BCUT2D eigenvalue weighted by atomic mass is 9.49. The maximum absolute atomic E-state index is 4.12. The lowest BCUT2D eigenvalue weighted by molar-refractivity contribution is 1.11. The minimum absolute atomic E-state index is 0.619. The molecule has 1 aromatic rings. The van der Waals surface area contributed by atoms with Gasteiger partial charge in [0.25, 0.3) is 0 Å². The van der Waals surface area contributed by atoms with E-state index in [1.165, 1.54) is 16.6 Å². The lowest BCUT2D eigenvalue weighted by Gasteiger charge is -2.05. The fourth-order valence-corrected chi connectivity index (χ4v) is 1.78. The summed E-state index contributed by atoms with van der Waals surface area (Å²) >= 11 is 0. The molecule has 0 saturated carbocycles. The Morgan fingerprint density at radius 2 is 1.58 bits per heavy atom. The van der Waals surface area contributed by atoms with Crippen LogP contribution in [0.5, 0.6) is 0 Å². The van der Waals surface area contributed by atoms with Gasteiger partial charge in [-0.05, 0) is 17.6 Å². The van der Waals surface area contributed by atoms with Crippen molar-refractivity contribution >= 4 is 18.4 Å². The summed E-state index contributed by atoms with van der Waals surface area (Å²) in [4.78, 5) is 4.12. The number of hydrogen-bond donors (Lipinski definition) is 0. The second-order valence-corrected chi connectivity index (χ2v) is 4.40. The van der Waals surface area contributed by atoms with E-state index in [-0.39, 0.29) is 0 Å². The first-order valence-electron chi connectivity index (χ1n) is 7.54. The molecule has 1 nitrogen and oxygen atoms in total. The molecule has 0 saturated heterocycles. The molecule has 0 bridgehead atoms. The van der Waals surface area contributed by atoms with Crippen molar-refractivity contribution in [2.45, 2.75) is 54.2 Å². The van der Waals surface area contributed by atoms with Crippen LogP contribution in [0.4, 0.5) is 0 Å². The van der Waals surface area contributed by atoms with Crippen LogP contribution in [0.25, 0.3) is 0 Å². The minimum Gasteiger partial charge on any atom is -0.269 e. The molecule has 104 valence electrons. The predicted molar refractivity (Wildman–Crippen MR) is 91.2 cm³/mol. The van der Waals surface area contributed by atoms with E-state index in [0.717, 1.165) is 12.8 Å². The summed E-state index contributed by atoms with van der Waals surface area (Å²) < 4.78 is 0. The molecule has 0 aromatic heterocycles. The van der Waals surface area contributed by atoms with Crippen LogP contribution < -0.4 is 5.46 Å². The second kappa shape index (κ2) is 10.6. The molecule has 0 N–H and O–H groups in total. The van der Waals surface area contributed by atoms with E-state index in [4.69, 9.17) is 0 Å².